The average molecular weight is 435 g/mol. The third-order valence-corrected chi connectivity index (χ3v) is 5.60. The molecule has 7 heteroatoms. The summed E-state index contributed by atoms with van der Waals surface area (Å²) in [6.45, 7) is 7.83. The molecule has 1 amide bonds. The molecule has 4 nitrogen and oxygen atoms in total. The summed E-state index contributed by atoms with van der Waals surface area (Å²) in [4.78, 5) is 18.7. The van der Waals surface area contributed by atoms with E-state index in [0.29, 0.717) is 26.6 Å². The van der Waals surface area contributed by atoms with Crippen molar-refractivity contribution in [3.8, 4) is 5.75 Å². The maximum atomic E-state index is 12.4. The van der Waals surface area contributed by atoms with Crippen LogP contribution in [0.1, 0.15) is 29.3 Å². The van der Waals surface area contributed by atoms with Crippen LogP contribution in [-0.2, 0) is 11.4 Å². The fourth-order valence-electron chi connectivity index (χ4n) is 3.12. The second-order valence-corrected chi connectivity index (χ2v) is 8.27. The Labute approximate surface area is 178 Å². The quantitative estimate of drug-likeness (QED) is 0.451. The van der Waals surface area contributed by atoms with Crippen molar-refractivity contribution >= 4 is 51.3 Å². The fourth-order valence-corrected chi connectivity index (χ4v) is 4.31. The van der Waals surface area contributed by atoms with E-state index in [1.165, 1.54) is 11.3 Å². The number of nitrogens with zero attached hydrogens (tertiary/aromatic N) is 2. The summed E-state index contributed by atoms with van der Waals surface area (Å²) in [5.74, 6) is 0.409. The first-order valence-corrected chi connectivity index (χ1v) is 10.3. The summed E-state index contributed by atoms with van der Waals surface area (Å²) in [6, 6.07) is 9.19. The summed E-state index contributed by atoms with van der Waals surface area (Å²) >= 11 is 13.5. The lowest BCUT2D eigenvalue weighted by molar-refractivity contribution is -0.115. The number of anilines is 2. The summed E-state index contributed by atoms with van der Waals surface area (Å²) in [5, 5.41) is 3.52. The van der Waals surface area contributed by atoms with Gasteiger partial charge in [0, 0.05) is 23.4 Å². The van der Waals surface area contributed by atoms with E-state index in [4.69, 9.17) is 27.9 Å². The van der Waals surface area contributed by atoms with Crippen LogP contribution in [0.25, 0.3) is 0 Å². The lowest BCUT2D eigenvalue weighted by Crippen LogP contribution is -2.24. The third-order valence-electron chi connectivity index (χ3n) is 4.17. The molecule has 0 aliphatic rings. The minimum absolute atomic E-state index is 0.0882. The second-order valence-electron chi connectivity index (χ2n) is 6.59. The number of amides is 1. The molecule has 3 rings (SSSR count). The van der Waals surface area contributed by atoms with Gasteiger partial charge >= 0.3 is 0 Å². The molecule has 0 atom stereocenters. The molecule has 0 fully saturated rings. The molecule has 1 aromatic heterocycles. The molecule has 0 saturated carbocycles. The molecular weight excluding hydrogens is 415 g/mol. The Morgan fingerprint density at radius 1 is 1.14 bits per heavy atom. The Hall–Kier alpha value is -2.08. The first kappa shape index (κ1) is 20.6. The van der Waals surface area contributed by atoms with Crippen molar-refractivity contribution in [2.24, 2.45) is 0 Å². The van der Waals surface area contributed by atoms with Crippen LogP contribution < -0.4 is 9.64 Å². The summed E-state index contributed by atoms with van der Waals surface area (Å²) in [7, 11) is 0. The van der Waals surface area contributed by atoms with Gasteiger partial charge in [0.15, 0.2) is 5.13 Å². The standard InChI is InChI=1S/C21H20Cl2N2O2S/c1-12-7-13(2)20(14(3)8-12)25(15(4)26)21-24-17(11-28-21)10-27-19-9-16(22)5-6-18(19)23/h5-9,11H,10H2,1-4H3. The number of hydrogen-bond acceptors (Lipinski definition) is 4. The first-order valence-electron chi connectivity index (χ1n) is 8.67. The predicted molar refractivity (Wildman–Crippen MR) is 116 cm³/mol. The maximum Gasteiger partial charge on any atom is 0.230 e. The number of thiazole rings is 1. The van der Waals surface area contributed by atoms with E-state index < -0.39 is 0 Å². The van der Waals surface area contributed by atoms with Crippen LogP contribution in [0.4, 0.5) is 10.8 Å². The van der Waals surface area contributed by atoms with E-state index >= 15 is 0 Å². The fraction of sp³-hybridized carbons (Fsp3) is 0.238. The number of benzene rings is 2. The van der Waals surface area contributed by atoms with E-state index in [0.717, 1.165) is 22.4 Å². The number of carbonyl (C=O) groups excluding carboxylic acids is 1. The van der Waals surface area contributed by atoms with E-state index in [1.807, 2.05) is 26.2 Å². The molecule has 146 valence electrons. The topological polar surface area (TPSA) is 42.4 Å². The molecule has 0 radical (unpaired) electrons. The molecule has 2 aromatic carbocycles. The molecule has 0 bridgehead atoms. The molecule has 28 heavy (non-hydrogen) atoms. The molecule has 0 unspecified atom stereocenters. The number of aryl methyl sites for hydroxylation is 3. The van der Waals surface area contributed by atoms with Crippen LogP contribution >= 0.6 is 34.5 Å². The highest BCUT2D eigenvalue weighted by Gasteiger charge is 2.22. The highest BCUT2D eigenvalue weighted by molar-refractivity contribution is 7.14. The van der Waals surface area contributed by atoms with Crippen molar-refractivity contribution < 1.29 is 9.53 Å². The minimum Gasteiger partial charge on any atom is -0.486 e. The van der Waals surface area contributed by atoms with Crippen LogP contribution in [0.5, 0.6) is 5.75 Å². The molecule has 0 aliphatic carbocycles. The third kappa shape index (κ3) is 4.49. The summed E-state index contributed by atoms with van der Waals surface area (Å²) < 4.78 is 5.75. The van der Waals surface area contributed by atoms with Crippen molar-refractivity contribution in [2.75, 3.05) is 4.90 Å². The first-order chi connectivity index (χ1) is 13.3. The Balaban J connectivity index is 1.86. The number of hydrogen-bond donors (Lipinski definition) is 0. The highest BCUT2D eigenvalue weighted by atomic mass is 35.5. The lowest BCUT2D eigenvalue weighted by atomic mass is 10.0. The van der Waals surface area contributed by atoms with Gasteiger partial charge in [0.05, 0.1) is 16.4 Å². The Morgan fingerprint density at radius 2 is 1.82 bits per heavy atom. The largest absolute Gasteiger partial charge is 0.486 e. The highest BCUT2D eigenvalue weighted by Crippen LogP contribution is 2.35. The van der Waals surface area contributed by atoms with Crippen molar-refractivity contribution in [2.45, 2.75) is 34.3 Å². The SMILES string of the molecule is CC(=O)N(c1nc(COc2cc(Cl)ccc2Cl)cs1)c1c(C)cc(C)cc1C. The van der Waals surface area contributed by atoms with Gasteiger partial charge in [0.25, 0.3) is 0 Å². The van der Waals surface area contributed by atoms with E-state index in [9.17, 15) is 4.79 Å². The van der Waals surface area contributed by atoms with Crippen molar-refractivity contribution in [3.05, 3.63) is 68.1 Å². The van der Waals surface area contributed by atoms with Gasteiger partial charge < -0.3 is 4.74 Å². The number of halogens is 2. The number of rotatable bonds is 5. The number of carbonyl (C=O) groups is 1. The van der Waals surface area contributed by atoms with Crippen molar-refractivity contribution in [3.63, 3.8) is 0 Å². The Morgan fingerprint density at radius 3 is 2.46 bits per heavy atom. The van der Waals surface area contributed by atoms with E-state index in [2.05, 4.69) is 17.1 Å². The smallest absolute Gasteiger partial charge is 0.230 e. The number of ether oxygens (including phenoxy) is 1. The van der Waals surface area contributed by atoms with Crippen LogP contribution in [0, 0.1) is 20.8 Å². The van der Waals surface area contributed by atoms with Gasteiger partial charge in [-0.2, -0.15) is 0 Å². The number of aromatic nitrogens is 1. The molecule has 3 aromatic rings. The van der Waals surface area contributed by atoms with Gasteiger partial charge in [0.2, 0.25) is 5.91 Å². The van der Waals surface area contributed by atoms with Crippen LogP contribution in [0.2, 0.25) is 10.0 Å². The van der Waals surface area contributed by atoms with Gasteiger partial charge in [-0.05, 0) is 44.0 Å². The van der Waals surface area contributed by atoms with Crippen LogP contribution in [-0.4, -0.2) is 10.9 Å². The van der Waals surface area contributed by atoms with Gasteiger partial charge in [0.1, 0.15) is 12.4 Å². The van der Waals surface area contributed by atoms with Gasteiger partial charge in [-0.25, -0.2) is 4.98 Å². The van der Waals surface area contributed by atoms with Crippen LogP contribution in [0.3, 0.4) is 0 Å². The van der Waals surface area contributed by atoms with E-state index in [-0.39, 0.29) is 12.5 Å². The molecule has 0 saturated heterocycles. The summed E-state index contributed by atoms with van der Waals surface area (Å²) in [6.07, 6.45) is 0. The van der Waals surface area contributed by atoms with Crippen molar-refractivity contribution in [1.29, 1.82) is 0 Å². The zero-order valence-corrected chi connectivity index (χ0v) is 18.4. The van der Waals surface area contributed by atoms with E-state index in [1.54, 1.807) is 30.0 Å². The summed E-state index contributed by atoms with van der Waals surface area (Å²) in [5.41, 5.74) is 4.81. The lowest BCUT2D eigenvalue weighted by Gasteiger charge is -2.23. The van der Waals surface area contributed by atoms with Crippen molar-refractivity contribution in [1.82, 2.24) is 4.98 Å². The maximum absolute atomic E-state index is 12.4. The molecule has 0 spiro atoms. The Kier molecular flexibility index (Phi) is 6.28. The van der Waals surface area contributed by atoms with Gasteiger partial charge in [-0.3, -0.25) is 9.69 Å². The minimum atomic E-state index is -0.0882. The second kappa shape index (κ2) is 8.52. The molecule has 0 N–H and O–H groups in total. The Bertz CT molecular complexity index is 1010. The zero-order chi connectivity index (χ0) is 20.4. The monoisotopic (exact) mass is 434 g/mol. The van der Waals surface area contributed by atoms with Gasteiger partial charge in [-0.1, -0.05) is 40.9 Å². The molecular formula is C21H20Cl2N2O2S. The van der Waals surface area contributed by atoms with Gasteiger partial charge in [-0.15, -0.1) is 11.3 Å². The average Bonchev–Trinajstić information content (AvgIpc) is 3.06. The van der Waals surface area contributed by atoms with Crippen LogP contribution in [0.15, 0.2) is 35.7 Å². The molecule has 0 aliphatic heterocycles. The normalized spacial score (nSPS) is 10.8. The zero-order valence-electron chi connectivity index (χ0n) is 16.0. The predicted octanol–water partition coefficient (Wildman–Crippen LogP) is 6.64. The molecule has 1 heterocycles.